The van der Waals surface area contributed by atoms with Crippen molar-refractivity contribution in [2.75, 3.05) is 11.9 Å². The van der Waals surface area contributed by atoms with E-state index < -0.39 is 0 Å². The van der Waals surface area contributed by atoms with Crippen LogP contribution in [0, 0.1) is 5.92 Å². The SMILES string of the molecule is OC1CCC(CNc2ccc3ccccc3c2)C1. The highest BCUT2D eigenvalue weighted by molar-refractivity contribution is 5.85. The van der Waals surface area contributed by atoms with Crippen molar-refractivity contribution in [3.63, 3.8) is 0 Å². The highest BCUT2D eigenvalue weighted by Crippen LogP contribution is 2.26. The summed E-state index contributed by atoms with van der Waals surface area (Å²) in [6.45, 7) is 0.968. The van der Waals surface area contributed by atoms with Gasteiger partial charge in [-0.05, 0) is 48.1 Å². The molecular weight excluding hydrogens is 222 g/mol. The van der Waals surface area contributed by atoms with Gasteiger partial charge in [0, 0.05) is 12.2 Å². The summed E-state index contributed by atoms with van der Waals surface area (Å²) in [5, 5.41) is 15.5. The molecule has 2 nitrogen and oxygen atoms in total. The number of aliphatic hydroxyl groups is 1. The van der Waals surface area contributed by atoms with Gasteiger partial charge in [-0.3, -0.25) is 0 Å². The summed E-state index contributed by atoms with van der Waals surface area (Å²) < 4.78 is 0. The van der Waals surface area contributed by atoms with E-state index in [1.165, 1.54) is 16.5 Å². The van der Waals surface area contributed by atoms with Crippen LogP contribution in [0.3, 0.4) is 0 Å². The second-order valence-corrected chi connectivity index (χ2v) is 5.28. The predicted molar refractivity (Wildman–Crippen MR) is 75.8 cm³/mol. The van der Waals surface area contributed by atoms with E-state index >= 15 is 0 Å². The molecule has 0 aromatic heterocycles. The van der Waals surface area contributed by atoms with Crippen molar-refractivity contribution in [1.82, 2.24) is 0 Å². The molecule has 1 saturated carbocycles. The Kier molecular flexibility index (Phi) is 3.20. The average Bonchev–Trinajstić information content (AvgIpc) is 2.82. The molecule has 2 N–H and O–H groups in total. The van der Waals surface area contributed by atoms with E-state index in [0.29, 0.717) is 5.92 Å². The Morgan fingerprint density at radius 2 is 1.89 bits per heavy atom. The van der Waals surface area contributed by atoms with Gasteiger partial charge in [0.25, 0.3) is 0 Å². The zero-order chi connectivity index (χ0) is 12.4. The van der Waals surface area contributed by atoms with Crippen LogP contribution in [0.4, 0.5) is 5.69 Å². The van der Waals surface area contributed by atoms with Gasteiger partial charge < -0.3 is 10.4 Å². The summed E-state index contributed by atoms with van der Waals surface area (Å²) in [5.41, 5.74) is 1.18. The quantitative estimate of drug-likeness (QED) is 0.863. The topological polar surface area (TPSA) is 32.3 Å². The van der Waals surface area contributed by atoms with Crippen LogP contribution >= 0.6 is 0 Å². The lowest BCUT2D eigenvalue weighted by molar-refractivity contribution is 0.178. The van der Waals surface area contributed by atoms with Crippen LogP contribution in [0.15, 0.2) is 42.5 Å². The van der Waals surface area contributed by atoms with E-state index in [1.807, 2.05) is 0 Å². The van der Waals surface area contributed by atoms with Crippen LogP contribution in [0.1, 0.15) is 19.3 Å². The molecule has 0 radical (unpaired) electrons. The minimum atomic E-state index is -0.0756. The molecule has 2 heteroatoms. The largest absolute Gasteiger partial charge is 0.393 e. The molecule has 2 atom stereocenters. The van der Waals surface area contributed by atoms with Crippen molar-refractivity contribution in [2.45, 2.75) is 25.4 Å². The minimum Gasteiger partial charge on any atom is -0.393 e. The molecule has 1 aliphatic rings. The van der Waals surface area contributed by atoms with E-state index in [9.17, 15) is 5.11 Å². The average molecular weight is 241 g/mol. The van der Waals surface area contributed by atoms with Crippen LogP contribution in [0.2, 0.25) is 0 Å². The lowest BCUT2D eigenvalue weighted by atomic mass is 10.1. The minimum absolute atomic E-state index is 0.0756. The number of aliphatic hydroxyl groups excluding tert-OH is 1. The maximum atomic E-state index is 9.51. The fourth-order valence-corrected chi connectivity index (χ4v) is 2.80. The van der Waals surface area contributed by atoms with Crippen molar-refractivity contribution in [3.8, 4) is 0 Å². The summed E-state index contributed by atoms with van der Waals surface area (Å²) in [7, 11) is 0. The fourth-order valence-electron chi connectivity index (χ4n) is 2.80. The molecule has 18 heavy (non-hydrogen) atoms. The first-order valence-corrected chi connectivity index (χ1v) is 6.72. The molecule has 3 rings (SSSR count). The number of hydrogen-bond donors (Lipinski definition) is 2. The van der Waals surface area contributed by atoms with Crippen molar-refractivity contribution in [2.24, 2.45) is 5.92 Å². The number of fused-ring (bicyclic) bond motifs is 1. The molecule has 0 spiro atoms. The number of anilines is 1. The van der Waals surface area contributed by atoms with Gasteiger partial charge in [-0.1, -0.05) is 30.3 Å². The predicted octanol–water partition coefficient (Wildman–Crippen LogP) is 3.41. The maximum absolute atomic E-state index is 9.51. The second kappa shape index (κ2) is 4.99. The highest BCUT2D eigenvalue weighted by atomic mass is 16.3. The second-order valence-electron chi connectivity index (χ2n) is 5.28. The monoisotopic (exact) mass is 241 g/mol. The Labute approximate surface area is 108 Å². The summed E-state index contributed by atoms with van der Waals surface area (Å²) >= 11 is 0. The smallest absolute Gasteiger partial charge is 0.0543 e. The Hall–Kier alpha value is -1.54. The molecule has 2 unspecified atom stereocenters. The van der Waals surface area contributed by atoms with Crippen LogP contribution in [0.5, 0.6) is 0 Å². The molecular formula is C16H19NO. The first kappa shape index (κ1) is 11.5. The lowest BCUT2D eigenvalue weighted by Crippen LogP contribution is -2.12. The first-order valence-electron chi connectivity index (χ1n) is 6.72. The van der Waals surface area contributed by atoms with Crippen molar-refractivity contribution in [3.05, 3.63) is 42.5 Å². The molecule has 1 fully saturated rings. The third-order valence-electron chi connectivity index (χ3n) is 3.86. The zero-order valence-electron chi connectivity index (χ0n) is 10.5. The zero-order valence-corrected chi connectivity index (χ0v) is 10.5. The van der Waals surface area contributed by atoms with E-state index in [2.05, 4.69) is 47.8 Å². The highest BCUT2D eigenvalue weighted by Gasteiger charge is 2.22. The van der Waals surface area contributed by atoms with Crippen molar-refractivity contribution < 1.29 is 5.11 Å². The Bertz CT molecular complexity index is 537. The van der Waals surface area contributed by atoms with E-state index in [4.69, 9.17) is 0 Å². The van der Waals surface area contributed by atoms with Crippen molar-refractivity contribution >= 4 is 16.5 Å². The number of hydrogen-bond acceptors (Lipinski definition) is 2. The summed E-state index contributed by atoms with van der Waals surface area (Å²) in [4.78, 5) is 0. The molecule has 0 aliphatic heterocycles. The third kappa shape index (κ3) is 2.49. The van der Waals surface area contributed by atoms with Gasteiger partial charge in [-0.25, -0.2) is 0 Å². The maximum Gasteiger partial charge on any atom is 0.0543 e. The van der Waals surface area contributed by atoms with Gasteiger partial charge in [-0.2, -0.15) is 0 Å². The summed E-state index contributed by atoms with van der Waals surface area (Å²) in [5.74, 6) is 0.617. The molecule has 2 aromatic rings. The Balaban J connectivity index is 1.67. The summed E-state index contributed by atoms with van der Waals surface area (Å²) in [6.07, 6.45) is 2.97. The van der Waals surface area contributed by atoms with Gasteiger partial charge in [0.15, 0.2) is 0 Å². The van der Waals surface area contributed by atoms with E-state index in [-0.39, 0.29) is 6.10 Å². The van der Waals surface area contributed by atoms with Crippen LogP contribution in [-0.2, 0) is 0 Å². The number of nitrogens with one attached hydrogen (secondary N) is 1. The molecule has 0 saturated heterocycles. The van der Waals surface area contributed by atoms with Crippen molar-refractivity contribution in [1.29, 1.82) is 0 Å². The van der Waals surface area contributed by atoms with Crippen LogP contribution in [-0.4, -0.2) is 17.8 Å². The molecule has 0 amide bonds. The third-order valence-corrected chi connectivity index (χ3v) is 3.86. The van der Waals surface area contributed by atoms with Gasteiger partial charge >= 0.3 is 0 Å². The standard InChI is InChI=1S/C16H19NO/c18-16-8-5-12(9-16)11-17-15-7-6-13-3-1-2-4-14(13)10-15/h1-4,6-7,10,12,16-18H,5,8-9,11H2. The Morgan fingerprint density at radius 1 is 1.06 bits per heavy atom. The Morgan fingerprint density at radius 3 is 2.67 bits per heavy atom. The van der Waals surface area contributed by atoms with Gasteiger partial charge in [0.1, 0.15) is 0 Å². The van der Waals surface area contributed by atoms with E-state index in [1.54, 1.807) is 0 Å². The van der Waals surface area contributed by atoms with Gasteiger partial charge in [-0.15, -0.1) is 0 Å². The normalized spacial score (nSPS) is 23.4. The molecule has 1 aliphatic carbocycles. The molecule has 94 valence electrons. The molecule has 0 heterocycles. The van der Waals surface area contributed by atoms with Gasteiger partial charge in [0.2, 0.25) is 0 Å². The molecule has 2 aromatic carbocycles. The number of rotatable bonds is 3. The first-order chi connectivity index (χ1) is 8.81. The molecule has 0 bridgehead atoms. The van der Waals surface area contributed by atoms with Gasteiger partial charge in [0.05, 0.1) is 6.10 Å². The summed E-state index contributed by atoms with van der Waals surface area (Å²) in [6, 6.07) is 14.9. The van der Waals surface area contributed by atoms with Crippen LogP contribution < -0.4 is 5.32 Å². The van der Waals surface area contributed by atoms with E-state index in [0.717, 1.165) is 25.8 Å². The van der Waals surface area contributed by atoms with Crippen LogP contribution in [0.25, 0.3) is 10.8 Å². The number of benzene rings is 2. The fraction of sp³-hybridized carbons (Fsp3) is 0.375. The lowest BCUT2D eigenvalue weighted by Gasteiger charge is -2.12.